The fourth-order valence-electron chi connectivity index (χ4n) is 1.05. The number of hydrogen-bond acceptors (Lipinski definition) is 4. The van der Waals surface area contributed by atoms with Gasteiger partial charge in [-0.3, -0.25) is 9.59 Å². The molecular weight excluding hydrogens is 172 g/mol. The van der Waals surface area contributed by atoms with Crippen LogP contribution in [0.5, 0.6) is 0 Å². The summed E-state index contributed by atoms with van der Waals surface area (Å²) in [7, 11) is 0. The third-order valence-corrected chi connectivity index (χ3v) is 1.89. The highest BCUT2D eigenvalue weighted by Gasteiger charge is 2.47. The van der Waals surface area contributed by atoms with Gasteiger partial charge in [-0.05, 0) is 6.92 Å². The van der Waals surface area contributed by atoms with E-state index in [-0.39, 0.29) is 24.0 Å². The minimum absolute atomic E-state index is 0.213. The Hall–Kier alpha value is -1.06. The number of rotatable bonds is 4. The highest BCUT2D eigenvalue weighted by Crippen LogP contribution is 2.35. The van der Waals surface area contributed by atoms with Crippen molar-refractivity contribution in [3.8, 4) is 0 Å². The third-order valence-electron chi connectivity index (χ3n) is 1.89. The van der Waals surface area contributed by atoms with Gasteiger partial charge in [0.05, 0.1) is 12.5 Å². The van der Waals surface area contributed by atoms with Crippen LogP contribution in [0.15, 0.2) is 0 Å². The van der Waals surface area contributed by atoms with Gasteiger partial charge in [-0.2, -0.15) is 0 Å². The predicted octanol–water partition coefficient (Wildman–Crippen LogP) is 0.891. The second-order valence-electron chi connectivity index (χ2n) is 2.98. The Balaban J connectivity index is 2.22. The van der Waals surface area contributed by atoms with Crippen molar-refractivity contribution in [3.05, 3.63) is 0 Å². The SMILES string of the molecule is CCOC(=O)C1CC1OC(=O)CC. The molecule has 2 atom stereocenters. The van der Waals surface area contributed by atoms with Crippen LogP contribution in [0.1, 0.15) is 26.7 Å². The Bertz CT molecular complexity index is 212. The predicted molar refractivity (Wildman–Crippen MR) is 44.9 cm³/mol. The van der Waals surface area contributed by atoms with E-state index in [0.29, 0.717) is 19.4 Å². The van der Waals surface area contributed by atoms with E-state index in [2.05, 4.69) is 0 Å². The molecule has 1 fully saturated rings. The third kappa shape index (κ3) is 2.72. The molecule has 0 bridgehead atoms. The van der Waals surface area contributed by atoms with Gasteiger partial charge in [0.15, 0.2) is 0 Å². The number of ether oxygens (including phenoxy) is 2. The molecule has 0 N–H and O–H groups in total. The minimum Gasteiger partial charge on any atom is -0.466 e. The van der Waals surface area contributed by atoms with Gasteiger partial charge in [0.25, 0.3) is 0 Å². The number of esters is 2. The van der Waals surface area contributed by atoms with Crippen LogP contribution in [0, 0.1) is 5.92 Å². The zero-order valence-corrected chi connectivity index (χ0v) is 7.91. The zero-order valence-electron chi connectivity index (χ0n) is 7.91. The molecule has 1 saturated carbocycles. The Labute approximate surface area is 77.2 Å². The Morgan fingerprint density at radius 2 is 2.08 bits per heavy atom. The highest BCUT2D eigenvalue weighted by atomic mass is 16.6. The molecule has 0 heterocycles. The molecule has 0 aromatic rings. The maximum Gasteiger partial charge on any atom is 0.312 e. The molecule has 0 aromatic heterocycles. The Morgan fingerprint density at radius 3 is 2.62 bits per heavy atom. The summed E-state index contributed by atoms with van der Waals surface area (Å²) in [6, 6.07) is 0. The van der Waals surface area contributed by atoms with E-state index >= 15 is 0 Å². The van der Waals surface area contributed by atoms with E-state index in [1.165, 1.54) is 0 Å². The van der Waals surface area contributed by atoms with Gasteiger partial charge in [-0.25, -0.2) is 0 Å². The first-order valence-electron chi connectivity index (χ1n) is 4.55. The Morgan fingerprint density at radius 1 is 1.38 bits per heavy atom. The monoisotopic (exact) mass is 186 g/mol. The largest absolute Gasteiger partial charge is 0.466 e. The molecule has 2 unspecified atom stereocenters. The van der Waals surface area contributed by atoms with E-state index < -0.39 is 0 Å². The molecule has 4 heteroatoms. The van der Waals surface area contributed by atoms with Gasteiger partial charge in [-0.1, -0.05) is 6.92 Å². The molecule has 1 aliphatic rings. The van der Waals surface area contributed by atoms with Crippen molar-refractivity contribution >= 4 is 11.9 Å². The fourth-order valence-corrected chi connectivity index (χ4v) is 1.05. The van der Waals surface area contributed by atoms with Gasteiger partial charge in [0.1, 0.15) is 6.10 Å². The van der Waals surface area contributed by atoms with Crippen molar-refractivity contribution in [1.29, 1.82) is 0 Å². The van der Waals surface area contributed by atoms with Crippen LogP contribution in [0.25, 0.3) is 0 Å². The van der Waals surface area contributed by atoms with Gasteiger partial charge < -0.3 is 9.47 Å². The molecule has 13 heavy (non-hydrogen) atoms. The average molecular weight is 186 g/mol. The molecule has 1 rings (SSSR count). The van der Waals surface area contributed by atoms with E-state index in [9.17, 15) is 9.59 Å². The quantitative estimate of drug-likeness (QED) is 0.612. The minimum atomic E-state index is -0.253. The molecule has 0 aromatic carbocycles. The second-order valence-corrected chi connectivity index (χ2v) is 2.98. The lowest BCUT2D eigenvalue weighted by Crippen LogP contribution is -2.13. The van der Waals surface area contributed by atoms with E-state index in [0.717, 1.165) is 0 Å². The van der Waals surface area contributed by atoms with E-state index in [4.69, 9.17) is 9.47 Å². The summed E-state index contributed by atoms with van der Waals surface area (Å²) in [5.41, 5.74) is 0. The molecule has 0 saturated heterocycles. The van der Waals surface area contributed by atoms with Gasteiger partial charge in [0.2, 0.25) is 0 Å². The second kappa shape index (κ2) is 4.25. The van der Waals surface area contributed by atoms with Crippen molar-refractivity contribution in [2.75, 3.05) is 6.61 Å². The van der Waals surface area contributed by atoms with Gasteiger partial charge >= 0.3 is 11.9 Å². The molecule has 4 nitrogen and oxygen atoms in total. The molecular formula is C9H14O4. The molecule has 1 aliphatic carbocycles. The van der Waals surface area contributed by atoms with Crippen molar-refractivity contribution in [2.45, 2.75) is 32.8 Å². The van der Waals surface area contributed by atoms with Crippen LogP contribution in [0.2, 0.25) is 0 Å². The normalized spacial score (nSPS) is 25.1. The number of carbonyl (C=O) groups is 2. The maximum atomic E-state index is 11.1. The van der Waals surface area contributed by atoms with Crippen LogP contribution in [0.3, 0.4) is 0 Å². The smallest absolute Gasteiger partial charge is 0.312 e. The van der Waals surface area contributed by atoms with E-state index in [1.807, 2.05) is 0 Å². The van der Waals surface area contributed by atoms with Crippen LogP contribution in [-0.2, 0) is 19.1 Å². The lowest BCUT2D eigenvalue weighted by Gasteiger charge is -2.01. The molecule has 0 amide bonds. The number of hydrogen-bond donors (Lipinski definition) is 0. The van der Waals surface area contributed by atoms with Crippen molar-refractivity contribution in [3.63, 3.8) is 0 Å². The van der Waals surface area contributed by atoms with E-state index in [1.54, 1.807) is 13.8 Å². The zero-order chi connectivity index (χ0) is 9.84. The topological polar surface area (TPSA) is 52.6 Å². The Kier molecular flexibility index (Phi) is 3.28. The summed E-state index contributed by atoms with van der Waals surface area (Å²) in [5, 5.41) is 0. The summed E-state index contributed by atoms with van der Waals surface area (Å²) in [6.45, 7) is 3.86. The molecule has 0 aliphatic heterocycles. The highest BCUT2D eigenvalue weighted by molar-refractivity contribution is 5.78. The maximum absolute atomic E-state index is 11.1. The van der Waals surface area contributed by atoms with Crippen molar-refractivity contribution in [1.82, 2.24) is 0 Å². The number of carbonyl (C=O) groups excluding carboxylic acids is 2. The van der Waals surface area contributed by atoms with Crippen LogP contribution < -0.4 is 0 Å². The first-order valence-corrected chi connectivity index (χ1v) is 4.55. The first-order chi connectivity index (χ1) is 6.19. The van der Waals surface area contributed by atoms with Gasteiger partial charge in [0, 0.05) is 12.8 Å². The standard InChI is InChI=1S/C9H14O4/c1-3-8(10)13-7-5-6(7)9(11)12-4-2/h6-7H,3-5H2,1-2H3. The summed E-state index contributed by atoms with van der Waals surface area (Å²) < 4.78 is 9.73. The molecule has 0 spiro atoms. The fraction of sp³-hybridized carbons (Fsp3) is 0.778. The van der Waals surface area contributed by atoms with Crippen LogP contribution in [-0.4, -0.2) is 24.6 Å². The van der Waals surface area contributed by atoms with Gasteiger partial charge in [-0.15, -0.1) is 0 Å². The van der Waals surface area contributed by atoms with Crippen molar-refractivity contribution < 1.29 is 19.1 Å². The average Bonchev–Trinajstić information content (AvgIpc) is 2.84. The lowest BCUT2D eigenvalue weighted by atomic mass is 10.4. The summed E-state index contributed by atoms with van der Waals surface area (Å²) in [4.78, 5) is 21.9. The van der Waals surface area contributed by atoms with Crippen LogP contribution >= 0.6 is 0 Å². The van der Waals surface area contributed by atoms with Crippen molar-refractivity contribution in [2.24, 2.45) is 5.92 Å². The van der Waals surface area contributed by atoms with Crippen LogP contribution in [0.4, 0.5) is 0 Å². The molecule has 0 radical (unpaired) electrons. The lowest BCUT2D eigenvalue weighted by molar-refractivity contribution is -0.149. The summed E-state index contributed by atoms with van der Waals surface area (Å²) >= 11 is 0. The molecule has 74 valence electrons. The summed E-state index contributed by atoms with van der Waals surface area (Å²) in [6.07, 6.45) is 0.739. The first kappa shape index (κ1) is 10.0. The summed E-state index contributed by atoms with van der Waals surface area (Å²) in [5.74, 6) is -0.719.